The van der Waals surface area contributed by atoms with Crippen molar-refractivity contribution >= 4 is 35.0 Å². The standard InChI is InChI=1S/C30H34Cl2N2O3/c1-20(2)17-33-30(36)27(16-23-11-6-5-7-12-23)34(18-24-25(31)13-9-14-26(24)32)29(35)19-37-28-15-8-10-21(3)22(28)4/h5-15,20,27H,16-19H2,1-4H3,(H,33,36)/t27-/m1/s1. The molecule has 0 aliphatic rings. The van der Waals surface area contributed by atoms with E-state index in [-0.39, 0.29) is 30.9 Å². The average Bonchev–Trinajstić information content (AvgIpc) is 2.87. The van der Waals surface area contributed by atoms with Crippen molar-refractivity contribution in [2.75, 3.05) is 13.2 Å². The number of hydrogen-bond acceptors (Lipinski definition) is 3. The summed E-state index contributed by atoms with van der Waals surface area (Å²) in [6, 6.07) is 19.8. The lowest BCUT2D eigenvalue weighted by Gasteiger charge is -2.32. The summed E-state index contributed by atoms with van der Waals surface area (Å²) in [5.74, 6) is 0.322. The van der Waals surface area contributed by atoms with Gasteiger partial charge >= 0.3 is 0 Å². The van der Waals surface area contributed by atoms with Gasteiger partial charge in [0.15, 0.2) is 6.61 Å². The van der Waals surface area contributed by atoms with Crippen molar-refractivity contribution in [3.05, 3.63) is 99.0 Å². The summed E-state index contributed by atoms with van der Waals surface area (Å²) in [6.07, 6.45) is 0.335. The Labute approximate surface area is 229 Å². The molecule has 0 aliphatic carbocycles. The maximum absolute atomic E-state index is 13.7. The third-order valence-electron chi connectivity index (χ3n) is 6.25. The predicted octanol–water partition coefficient (Wildman–Crippen LogP) is 6.40. The number of halogens is 2. The molecular formula is C30H34Cl2N2O3. The summed E-state index contributed by atoms with van der Waals surface area (Å²) < 4.78 is 5.95. The molecule has 0 aliphatic heterocycles. The van der Waals surface area contributed by atoms with E-state index in [1.807, 2.05) is 76.2 Å². The lowest BCUT2D eigenvalue weighted by molar-refractivity contribution is -0.142. The highest BCUT2D eigenvalue weighted by Crippen LogP contribution is 2.28. The molecule has 0 fully saturated rings. The Balaban J connectivity index is 1.97. The van der Waals surface area contributed by atoms with Gasteiger partial charge in [-0.3, -0.25) is 9.59 Å². The van der Waals surface area contributed by atoms with E-state index in [4.69, 9.17) is 27.9 Å². The van der Waals surface area contributed by atoms with Crippen LogP contribution in [0.5, 0.6) is 5.75 Å². The SMILES string of the molecule is Cc1cccc(OCC(=O)N(Cc2c(Cl)cccc2Cl)[C@H](Cc2ccccc2)C(=O)NCC(C)C)c1C. The van der Waals surface area contributed by atoms with Crippen LogP contribution < -0.4 is 10.1 Å². The summed E-state index contributed by atoms with van der Waals surface area (Å²) in [7, 11) is 0. The molecule has 0 saturated carbocycles. The van der Waals surface area contributed by atoms with Crippen molar-refractivity contribution in [1.29, 1.82) is 0 Å². The molecule has 3 aromatic rings. The van der Waals surface area contributed by atoms with Gasteiger partial charge in [0, 0.05) is 35.1 Å². The van der Waals surface area contributed by atoms with Gasteiger partial charge in [0.1, 0.15) is 11.8 Å². The molecule has 2 amide bonds. The Morgan fingerprint density at radius 2 is 1.57 bits per heavy atom. The molecule has 0 saturated heterocycles. The van der Waals surface area contributed by atoms with Crippen molar-refractivity contribution in [2.24, 2.45) is 5.92 Å². The molecule has 1 atom stereocenters. The molecule has 5 nitrogen and oxygen atoms in total. The number of benzene rings is 3. The number of carbonyl (C=O) groups is 2. The van der Waals surface area contributed by atoms with Crippen molar-refractivity contribution in [3.63, 3.8) is 0 Å². The van der Waals surface area contributed by atoms with Gasteiger partial charge < -0.3 is 15.0 Å². The second kappa shape index (κ2) is 13.5. The molecule has 0 aromatic heterocycles. The number of carbonyl (C=O) groups excluding carboxylic acids is 2. The topological polar surface area (TPSA) is 58.6 Å². The van der Waals surface area contributed by atoms with E-state index < -0.39 is 6.04 Å². The van der Waals surface area contributed by atoms with Crippen LogP contribution in [0.2, 0.25) is 10.0 Å². The van der Waals surface area contributed by atoms with Crippen LogP contribution >= 0.6 is 23.2 Å². The van der Waals surface area contributed by atoms with Crippen LogP contribution in [0.3, 0.4) is 0 Å². The summed E-state index contributed by atoms with van der Waals surface area (Å²) in [6.45, 7) is 8.33. The Kier molecular flexibility index (Phi) is 10.4. The molecular weight excluding hydrogens is 507 g/mol. The summed E-state index contributed by atoms with van der Waals surface area (Å²) in [4.78, 5) is 28.8. The number of nitrogens with one attached hydrogen (secondary N) is 1. The van der Waals surface area contributed by atoms with Gasteiger partial charge in [-0.15, -0.1) is 0 Å². The first-order valence-electron chi connectivity index (χ1n) is 12.4. The highest BCUT2D eigenvalue weighted by Gasteiger charge is 2.31. The number of hydrogen-bond donors (Lipinski definition) is 1. The number of nitrogens with zero attached hydrogens (tertiary/aromatic N) is 1. The van der Waals surface area contributed by atoms with Crippen molar-refractivity contribution < 1.29 is 14.3 Å². The largest absolute Gasteiger partial charge is 0.483 e. The van der Waals surface area contributed by atoms with Gasteiger partial charge in [0.05, 0.1) is 0 Å². The fourth-order valence-corrected chi connectivity index (χ4v) is 4.45. The van der Waals surface area contributed by atoms with Crippen LogP contribution in [0, 0.1) is 19.8 Å². The van der Waals surface area contributed by atoms with Gasteiger partial charge in [0.2, 0.25) is 5.91 Å². The van der Waals surface area contributed by atoms with E-state index in [1.165, 1.54) is 4.90 Å². The quantitative estimate of drug-likeness (QED) is 0.306. The van der Waals surface area contributed by atoms with E-state index in [0.717, 1.165) is 16.7 Å². The lowest BCUT2D eigenvalue weighted by Crippen LogP contribution is -2.52. The van der Waals surface area contributed by atoms with Crippen LogP contribution in [0.25, 0.3) is 0 Å². The number of amides is 2. The molecule has 0 spiro atoms. The van der Waals surface area contributed by atoms with E-state index in [0.29, 0.717) is 34.3 Å². The van der Waals surface area contributed by atoms with E-state index in [9.17, 15) is 9.59 Å². The Bertz CT molecular complexity index is 1190. The minimum atomic E-state index is -0.789. The van der Waals surface area contributed by atoms with E-state index in [1.54, 1.807) is 18.2 Å². The number of rotatable bonds is 11. The van der Waals surface area contributed by atoms with Crippen molar-refractivity contribution in [2.45, 2.75) is 46.7 Å². The molecule has 0 unspecified atom stereocenters. The van der Waals surface area contributed by atoms with Gasteiger partial charge in [-0.1, -0.05) is 85.6 Å². The van der Waals surface area contributed by atoms with Gasteiger partial charge in [-0.05, 0) is 54.7 Å². The van der Waals surface area contributed by atoms with Gasteiger partial charge in [-0.2, -0.15) is 0 Å². The van der Waals surface area contributed by atoms with Gasteiger partial charge in [-0.25, -0.2) is 0 Å². The molecule has 3 rings (SSSR count). The normalized spacial score (nSPS) is 11.8. The maximum Gasteiger partial charge on any atom is 0.261 e. The summed E-state index contributed by atoms with van der Waals surface area (Å²) in [5, 5.41) is 3.87. The highest BCUT2D eigenvalue weighted by atomic mass is 35.5. The molecule has 196 valence electrons. The van der Waals surface area contributed by atoms with Crippen molar-refractivity contribution in [1.82, 2.24) is 10.2 Å². The highest BCUT2D eigenvalue weighted by molar-refractivity contribution is 6.36. The Morgan fingerprint density at radius 1 is 0.919 bits per heavy atom. The molecule has 0 heterocycles. The van der Waals surface area contributed by atoms with E-state index in [2.05, 4.69) is 5.32 Å². The second-order valence-corrected chi connectivity index (χ2v) is 10.4. The van der Waals surface area contributed by atoms with Gasteiger partial charge in [0.25, 0.3) is 5.91 Å². The van der Waals surface area contributed by atoms with Crippen molar-refractivity contribution in [3.8, 4) is 5.75 Å². The number of aryl methyl sites for hydroxylation is 1. The monoisotopic (exact) mass is 540 g/mol. The summed E-state index contributed by atoms with van der Waals surface area (Å²) in [5.41, 5.74) is 3.55. The first kappa shape index (κ1) is 28.5. The second-order valence-electron chi connectivity index (χ2n) is 9.55. The van der Waals surface area contributed by atoms with Crippen LogP contribution in [0.4, 0.5) is 0 Å². The Morgan fingerprint density at radius 3 is 2.22 bits per heavy atom. The predicted molar refractivity (Wildman–Crippen MR) is 150 cm³/mol. The molecule has 0 bridgehead atoms. The minimum Gasteiger partial charge on any atom is -0.483 e. The van der Waals surface area contributed by atoms with Crippen LogP contribution in [0.15, 0.2) is 66.7 Å². The molecule has 3 aromatic carbocycles. The zero-order valence-corrected chi connectivity index (χ0v) is 23.3. The molecule has 37 heavy (non-hydrogen) atoms. The third-order valence-corrected chi connectivity index (χ3v) is 6.96. The lowest BCUT2D eigenvalue weighted by atomic mass is 10.0. The zero-order chi connectivity index (χ0) is 26.9. The van der Waals surface area contributed by atoms with Crippen LogP contribution in [0.1, 0.15) is 36.1 Å². The Hall–Kier alpha value is -3.02. The number of ether oxygens (including phenoxy) is 1. The summed E-state index contributed by atoms with van der Waals surface area (Å²) >= 11 is 13.0. The van der Waals surface area contributed by atoms with Crippen LogP contribution in [-0.4, -0.2) is 35.9 Å². The van der Waals surface area contributed by atoms with Crippen LogP contribution in [-0.2, 0) is 22.6 Å². The minimum absolute atomic E-state index is 0.0695. The first-order chi connectivity index (χ1) is 17.7. The maximum atomic E-state index is 13.7. The fourth-order valence-electron chi connectivity index (χ4n) is 3.93. The fraction of sp³-hybridized carbons (Fsp3) is 0.333. The average molecular weight is 542 g/mol. The van der Waals surface area contributed by atoms with E-state index >= 15 is 0 Å². The molecule has 0 radical (unpaired) electrons. The zero-order valence-electron chi connectivity index (χ0n) is 21.8. The first-order valence-corrected chi connectivity index (χ1v) is 13.2. The molecule has 1 N–H and O–H groups in total. The molecule has 7 heteroatoms. The smallest absolute Gasteiger partial charge is 0.261 e. The third kappa shape index (κ3) is 7.98.